The van der Waals surface area contributed by atoms with Crippen molar-refractivity contribution in [1.29, 1.82) is 0 Å². The monoisotopic (exact) mass is 442 g/mol. The Bertz CT molecular complexity index is 415. The quantitative estimate of drug-likeness (QED) is 0.607. The Balaban J connectivity index is 0.000000483. The summed E-state index contributed by atoms with van der Waals surface area (Å²) >= 11 is 3.85. The molecule has 9 heteroatoms. The Morgan fingerprint density at radius 3 is 1.41 bits per heavy atom. The molecule has 2 heterocycles. The van der Waals surface area contributed by atoms with E-state index < -0.39 is 0 Å². The van der Waals surface area contributed by atoms with Crippen LogP contribution >= 0.6 is 35.9 Å². The van der Waals surface area contributed by atoms with Crippen molar-refractivity contribution in [2.24, 2.45) is 0 Å². The maximum absolute atomic E-state index is 11.2. The van der Waals surface area contributed by atoms with Gasteiger partial charge in [0.05, 0.1) is 14.2 Å². The first-order chi connectivity index (χ1) is 12.3. The van der Waals surface area contributed by atoms with Gasteiger partial charge in [-0.05, 0) is 23.3 Å². The van der Waals surface area contributed by atoms with E-state index >= 15 is 0 Å². The molecule has 160 valence electrons. The molecule has 0 aromatic rings. The maximum atomic E-state index is 11.2. The molecule has 0 aromatic heterocycles. The number of hydrogen-bond acceptors (Lipinski definition) is 8. The fraction of sp³-hybridized carbons (Fsp3) is 0.889. The SMILES string of the molecule is COC(=O)[C@@H]1C[C@@H](SC(C)C)CN1.COC(=O)[C@@H]1C[C@@H](SC(C)C)CN1.Cl. The molecule has 0 spiro atoms. The van der Waals surface area contributed by atoms with Crippen LogP contribution in [0.15, 0.2) is 0 Å². The van der Waals surface area contributed by atoms with E-state index in [1.165, 1.54) is 14.2 Å². The molecule has 0 aromatic carbocycles. The number of esters is 2. The summed E-state index contributed by atoms with van der Waals surface area (Å²) in [5.41, 5.74) is 0. The van der Waals surface area contributed by atoms with E-state index in [1.807, 2.05) is 23.5 Å². The molecule has 2 saturated heterocycles. The maximum Gasteiger partial charge on any atom is 0.322 e. The molecule has 2 aliphatic rings. The van der Waals surface area contributed by atoms with Crippen molar-refractivity contribution in [1.82, 2.24) is 10.6 Å². The van der Waals surface area contributed by atoms with Crippen molar-refractivity contribution in [2.45, 2.75) is 73.6 Å². The zero-order valence-corrected chi connectivity index (χ0v) is 19.6. The van der Waals surface area contributed by atoms with Crippen molar-refractivity contribution in [3.63, 3.8) is 0 Å². The Kier molecular flexibility index (Phi) is 13.9. The lowest BCUT2D eigenvalue weighted by Crippen LogP contribution is -2.31. The van der Waals surface area contributed by atoms with Crippen LogP contribution in [0.5, 0.6) is 0 Å². The summed E-state index contributed by atoms with van der Waals surface area (Å²) in [5.74, 6) is -0.265. The third kappa shape index (κ3) is 10.3. The number of thioether (sulfide) groups is 2. The van der Waals surface area contributed by atoms with Crippen LogP contribution in [0.4, 0.5) is 0 Å². The van der Waals surface area contributed by atoms with Gasteiger partial charge < -0.3 is 20.1 Å². The molecule has 2 N–H and O–H groups in total. The van der Waals surface area contributed by atoms with Gasteiger partial charge in [0.15, 0.2) is 0 Å². The lowest BCUT2D eigenvalue weighted by Gasteiger charge is -2.10. The van der Waals surface area contributed by atoms with Crippen molar-refractivity contribution in [3.8, 4) is 0 Å². The largest absolute Gasteiger partial charge is 0.468 e. The van der Waals surface area contributed by atoms with Gasteiger partial charge in [0.1, 0.15) is 12.1 Å². The minimum absolute atomic E-state index is 0. The molecule has 2 aliphatic heterocycles. The van der Waals surface area contributed by atoms with E-state index in [0.29, 0.717) is 21.0 Å². The van der Waals surface area contributed by atoms with Crippen molar-refractivity contribution in [3.05, 3.63) is 0 Å². The van der Waals surface area contributed by atoms with Gasteiger partial charge in [-0.15, -0.1) is 12.4 Å². The fourth-order valence-electron chi connectivity index (χ4n) is 3.03. The van der Waals surface area contributed by atoms with E-state index in [0.717, 1.165) is 25.9 Å². The smallest absolute Gasteiger partial charge is 0.322 e. The molecule has 4 atom stereocenters. The molecule has 0 radical (unpaired) electrons. The summed E-state index contributed by atoms with van der Waals surface area (Å²) in [6.07, 6.45) is 1.80. The number of hydrogen-bond donors (Lipinski definition) is 2. The zero-order chi connectivity index (χ0) is 19.7. The second kappa shape index (κ2) is 13.9. The third-order valence-corrected chi connectivity index (χ3v) is 6.66. The highest BCUT2D eigenvalue weighted by molar-refractivity contribution is 8.00. The van der Waals surface area contributed by atoms with Gasteiger partial charge in [-0.3, -0.25) is 9.59 Å². The van der Waals surface area contributed by atoms with Crippen LogP contribution in [0.3, 0.4) is 0 Å². The van der Waals surface area contributed by atoms with E-state index in [2.05, 4.69) is 47.8 Å². The van der Waals surface area contributed by atoms with Gasteiger partial charge in [0.25, 0.3) is 0 Å². The first-order valence-electron chi connectivity index (χ1n) is 9.20. The highest BCUT2D eigenvalue weighted by Crippen LogP contribution is 2.25. The van der Waals surface area contributed by atoms with E-state index in [9.17, 15) is 9.59 Å². The van der Waals surface area contributed by atoms with Gasteiger partial charge in [-0.1, -0.05) is 27.7 Å². The molecule has 6 nitrogen and oxygen atoms in total. The second-order valence-electron chi connectivity index (χ2n) is 7.05. The summed E-state index contributed by atoms with van der Waals surface area (Å²) in [4.78, 5) is 22.3. The predicted octanol–water partition coefficient (Wildman–Crippen LogP) is 2.48. The number of rotatable bonds is 6. The summed E-state index contributed by atoms with van der Waals surface area (Å²) < 4.78 is 9.35. The summed E-state index contributed by atoms with van der Waals surface area (Å²) in [7, 11) is 2.87. The van der Waals surface area contributed by atoms with E-state index in [1.54, 1.807) is 0 Å². The molecule has 0 amide bonds. The second-order valence-corrected chi connectivity index (χ2v) is 10.8. The van der Waals surface area contributed by atoms with E-state index in [4.69, 9.17) is 0 Å². The van der Waals surface area contributed by atoms with Crippen LogP contribution in [0.25, 0.3) is 0 Å². The Hall–Kier alpha value is -0.150. The lowest BCUT2D eigenvalue weighted by atomic mass is 10.2. The fourth-order valence-corrected chi connectivity index (χ4v) is 5.56. The topological polar surface area (TPSA) is 76.7 Å². The number of nitrogens with one attached hydrogen (secondary N) is 2. The van der Waals surface area contributed by atoms with Crippen LogP contribution < -0.4 is 10.6 Å². The van der Waals surface area contributed by atoms with Crippen molar-refractivity contribution < 1.29 is 19.1 Å². The Labute approximate surface area is 178 Å². The number of ether oxygens (including phenoxy) is 2. The molecule has 2 rings (SSSR count). The number of carbonyl (C=O) groups excluding carboxylic acids is 2. The minimum Gasteiger partial charge on any atom is -0.468 e. The van der Waals surface area contributed by atoms with Gasteiger partial charge in [0, 0.05) is 23.6 Å². The first kappa shape index (κ1) is 26.9. The Morgan fingerprint density at radius 2 is 1.15 bits per heavy atom. The standard InChI is InChI=1S/2C9H17NO2S.ClH/c2*1-6(2)13-7-4-8(10-5-7)9(11)12-3;/h2*6-8,10H,4-5H2,1-3H3;1H/t2*7-,8+;/m11./s1. The van der Waals surface area contributed by atoms with Crippen LogP contribution in [-0.2, 0) is 19.1 Å². The average Bonchev–Trinajstić information content (AvgIpc) is 3.22. The van der Waals surface area contributed by atoms with Crippen LogP contribution in [0.2, 0.25) is 0 Å². The van der Waals surface area contributed by atoms with Crippen molar-refractivity contribution >= 4 is 47.9 Å². The first-order valence-corrected chi connectivity index (χ1v) is 11.1. The highest BCUT2D eigenvalue weighted by Gasteiger charge is 2.31. The molecule has 2 fully saturated rings. The average molecular weight is 443 g/mol. The van der Waals surface area contributed by atoms with Crippen LogP contribution in [0.1, 0.15) is 40.5 Å². The summed E-state index contributed by atoms with van der Waals surface area (Å²) in [6.45, 7) is 10.5. The molecule has 27 heavy (non-hydrogen) atoms. The van der Waals surface area contributed by atoms with E-state index in [-0.39, 0.29) is 36.4 Å². The van der Waals surface area contributed by atoms with Gasteiger partial charge in [0.2, 0.25) is 0 Å². The molecule has 0 aliphatic carbocycles. The molecule has 0 bridgehead atoms. The van der Waals surface area contributed by atoms with Crippen molar-refractivity contribution in [2.75, 3.05) is 27.3 Å². The number of halogens is 1. The molecule has 0 saturated carbocycles. The third-order valence-electron chi connectivity index (χ3n) is 4.08. The number of carbonyl (C=O) groups is 2. The van der Waals surface area contributed by atoms with Crippen LogP contribution in [0, 0.1) is 0 Å². The zero-order valence-electron chi connectivity index (χ0n) is 17.2. The normalized spacial score (nSPS) is 27.0. The Morgan fingerprint density at radius 1 is 0.815 bits per heavy atom. The van der Waals surface area contributed by atoms with Gasteiger partial charge in [-0.25, -0.2) is 0 Å². The summed E-state index contributed by atoms with van der Waals surface area (Å²) in [6, 6.07) is -0.164. The lowest BCUT2D eigenvalue weighted by molar-refractivity contribution is -0.143. The minimum atomic E-state index is -0.133. The van der Waals surface area contributed by atoms with Gasteiger partial charge >= 0.3 is 11.9 Å². The summed E-state index contributed by atoms with van der Waals surface area (Å²) in [5, 5.41) is 8.71. The molecule has 0 unspecified atom stereocenters. The van der Waals surface area contributed by atoms with Crippen LogP contribution in [-0.4, -0.2) is 72.3 Å². The number of methoxy groups -OCH3 is 2. The highest BCUT2D eigenvalue weighted by atomic mass is 35.5. The predicted molar refractivity (Wildman–Crippen MR) is 117 cm³/mol. The molecular formula is C18H35ClN2O4S2. The van der Waals surface area contributed by atoms with Gasteiger partial charge in [-0.2, -0.15) is 23.5 Å². The molecular weight excluding hydrogens is 408 g/mol.